The Morgan fingerprint density at radius 3 is 2.27 bits per heavy atom. The van der Waals surface area contributed by atoms with Crippen molar-refractivity contribution in [3.05, 3.63) is 35.5 Å². The fourth-order valence-corrected chi connectivity index (χ4v) is 2.11. The first-order chi connectivity index (χ1) is 10.2. The van der Waals surface area contributed by atoms with Crippen LogP contribution in [0.2, 0.25) is 0 Å². The molecule has 0 amide bonds. The standard InChI is InChI=1S/C16H20N2O4/c1-10-6-7-11(8-13(10)18(4)5)17-9-12-14(19)21-16(2,3)22-15(12)20/h6-9,17H,1-5H3. The Labute approximate surface area is 129 Å². The highest BCUT2D eigenvalue weighted by atomic mass is 16.7. The lowest BCUT2D eigenvalue weighted by Gasteiger charge is -2.29. The van der Waals surface area contributed by atoms with E-state index in [1.165, 1.54) is 20.0 Å². The van der Waals surface area contributed by atoms with E-state index in [1.54, 1.807) is 0 Å². The second-order valence-electron chi connectivity index (χ2n) is 5.78. The molecule has 0 bridgehead atoms. The van der Waals surface area contributed by atoms with Gasteiger partial charge in [0.05, 0.1) is 0 Å². The Morgan fingerprint density at radius 2 is 1.73 bits per heavy atom. The van der Waals surface area contributed by atoms with Gasteiger partial charge in [0.2, 0.25) is 0 Å². The summed E-state index contributed by atoms with van der Waals surface area (Å²) in [5, 5.41) is 2.93. The van der Waals surface area contributed by atoms with Gasteiger partial charge in [-0.15, -0.1) is 0 Å². The molecule has 0 spiro atoms. The van der Waals surface area contributed by atoms with E-state index < -0.39 is 17.7 Å². The lowest BCUT2D eigenvalue weighted by molar-refractivity contribution is -0.222. The second-order valence-corrected chi connectivity index (χ2v) is 5.78. The number of anilines is 2. The number of nitrogens with one attached hydrogen (secondary N) is 1. The van der Waals surface area contributed by atoms with Crippen molar-refractivity contribution < 1.29 is 19.1 Å². The van der Waals surface area contributed by atoms with E-state index >= 15 is 0 Å². The van der Waals surface area contributed by atoms with Crippen molar-refractivity contribution in [2.45, 2.75) is 26.6 Å². The Bertz CT molecular complexity index is 626. The van der Waals surface area contributed by atoms with Gasteiger partial charge in [0.25, 0.3) is 5.79 Å². The first kappa shape index (κ1) is 15.9. The average molecular weight is 304 g/mol. The van der Waals surface area contributed by atoms with Gasteiger partial charge in [-0.05, 0) is 24.6 Å². The number of rotatable bonds is 3. The molecule has 6 nitrogen and oxygen atoms in total. The summed E-state index contributed by atoms with van der Waals surface area (Å²) in [5.74, 6) is -2.63. The molecule has 6 heteroatoms. The van der Waals surface area contributed by atoms with E-state index in [0.717, 1.165) is 16.9 Å². The zero-order chi connectivity index (χ0) is 16.5. The Kier molecular flexibility index (Phi) is 4.12. The van der Waals surface area contributed by atoms with Crippen LogP contribution in [0.15, 0.2) is 30.0 Å². The maximum absolute atomic E-state index is 11.8. The van der Waals surface area contributed by atoms with Crippen molar-refractivity contribution >= 4 is 23.3 Å². The molecule has 2 rings (SSSR count). The van der Waals surface area contributed by atoms with E-state index in [0.29, 0.717) is 0 Å². The highest BCUT2D eigenvalue weighted by Crippen LogP contribution is 2.25. The maximum Gasteiger partial charge on any atom is 0.350 e. The molecule has 1 fully saturated rings. The Balaban J connectivity index is 2.20. The lowest BCUT2D eigenvalue weighted by atomic mass is 10.1. The third-order valence-electron chi connectivity index (χ3n) is 3.19. The molecular formula is C16H20N2O4. The molecule has 1 saturated heterocycles. The van der Waals surface area contributed by atoms with E-state index in [4.69, 9.17) is 9.47 Å². The van der Waals surface area contributed by atoms with Gasteiger partial charge < -0.3 is 19.7 Å². The summed E-state index contributed by atoms with van der Waals surface area (Å²) in [4.78, 5) is 25.6. The predicted molar refractivity (Wildman–Crippen MR) is 83.5 cm³/mol. The summed E-state index contributed by atoms with van der Waals surface area (Å²) in [6, 6.07) is 5.75. The van der Waals surface area contributed by atoms with Crippen molar-refractivity contribution in [3.8, 4) is 0 Å². The van der Waals surface area contributed by atoms with Crippen molar-refractivity contribution in [3.63, 3.8) is 0 Å². The number of ether oxygens (including phenoxy) is 2. The first-order valence-corrected chi connectivity index (χ1v) is 6.91. The Morgan fingerprint density at radius 1 is 1.14 bits per heavy atom. The number of hydrogen-bond acceptors (Lipinski definition) is 6. The van der Waals surface area contributed by atoms with Gasteiger partial charge in [0.1, 0.15) is 0 Å². The van der Waals surface area contributed by atoms with E-state index in [9.17, 15) is 9.59 Å². The summed E-state index contributed by atoms with van der Waals surface area (Å²) in [5.41, 5.74) is 2.76. The first-order valence-electron chi connectivity index (χ1n) is 6.91. The van der Waals surface area contributed by atoms with Crippen LogP contribution in [-0.2, 0) is 19.1 Å². The van der Waals surface area contributed by atoms with Crippen LogP contribution in [0.4, 0.5) is 11.4 Å². The van der Waals surface area contributed by atoms with E-state index in [-0.39, 0.29) is 5.57 Å². The summed E-state index contributed by atoms with van der Waals surface area (Å²) < 4.78 is 10.1. The highest BCUT2D eigenvalue weighted by Gasteiger charge is 2.38. The number of hydrogen-bond donors (Lipinski definition) is 1. The topological polar surface area (TPSA) is 67.9 Å². The number of cyclic esters (lactones) is 2. The van der Waals surface area contributed by atoms with Gasteiger partial charge in [-0.1, -0.05) is 6.07 Å². The normalized spacial score (nSPS) is 16.7. The Hall–Kier alpha value is -2.50. The molecule has 118 valence electrons. The fourth-order valence-electron chi connectivity index (χ4n) is 2.11. The number of esters is 2. The minimum absolute atomic E-state index is 0.161. The molecule has 1 aromatic rings. The molecule has 1 heterocycles. The quantitative estimate of drug-likeness (QED) is 0.524. The molecule has 0 aromatic heterocycles. The van der Waals surface area contributed by atoms with E-state index in [2.05, 4.69) is 5.32 Å². The summed E-state index contributed by atoms with van der Waals surface area (Å²) >= 11 is 0. The zero-order valence-corrected chi connectivity index (χ0v) is 13.4. The predicted octanol–water partition coefficient (Wildman–Crippen LogP) is 2.19. The highest BCUT2D eigenvalue weighted by molar-refractivity contribution is 6.15. The molecular weight excluding hydrogens is 284 g/mol. The summed E-state index contributed by atoms with van der Waals surface area (Å²) in [6.07, 6.45) is 1.31. The van der Waals surface area contributed by atoms with Crippen molar-refractivity contribution in [1.82, 2.24) is 0 Å². The molecule has 0 atom stereocenters. The van der Waals surface area contributed by atoms with Crippen LogP contribution in [0.5, 0.6) is 0 Å². The minimum atomic E-state index is -1.23. The average Bonchev–Trinajstić information content (AvgIpc) is 2.37. The lowest BCUT2D eigenvalue weighted by Crippen LogP contribution is -2.42. The molecule has 1 aliphatic rings. The van der Waals surface area contributed by atoms with Crippen molar-refractivity contribution in [2.24, 2.45) is 0 Å². The van der Waals surface area contributed by atoms with Crippen LogP contribution in [-0.4, -0.2) is 31.8 Å². The van der Waals surface area contributed by atoms with E-state index in [1.807, 2.05) is 44.1 Å². The smallest absolute Gasteiger partial charge is 0.350 e. The number of nitrogens with zero attached hydrogens (tertiary/aromatic N) is 1. The molecule has 22 heavy (non-hydrogen) atoms. The number of carbonyl (C=O) groups excluding carboxylic acids is 2. The second kappa shape index (κ2) is 5.71. The zero-order valence-electron chi connectivity index (χ0n) is 13.4. The van der Waals surface area contributed by atoms with Crippen LogP contribution in [0, 0.1) is 6.92 Å². The van der Waals surface area contributed by atoms with Crippen molar-refractivity contribution in [2.75, 3.05) is 24.3 Å². The summed E-state index contributed by atoms with van der Waals surface area (Å²) in [7, 11) is 3.89. The van der Waals surface area contributed by atoms with Crippen LogP contribution < -0.4 is 10.2 Å². The summed E-state index contributed by atoms with van der Waals surface area (Å²) in [6.45, 7) is 5.03. The fraction of sp³-hybridized carbons (Fsp3) is 0.375. The number of benzene rings is 1. The molecule has 1 aliphatic heterocycles. The number of aryl methyl sites for hydroxylation is 1. The number of carbonyl (C=O) groups is 2. The van der Waals surface area contributed by atoms with Gasteiger partial charge in [-0.3, -0.25) is 0 Å². The van der Waals surface area contributed by atoms with Crippen LogP contribution in [0.3, 0.4) is 0 Å². The molecule has 0 saturated carbocycles. The van der Waals surface area contributed by atoms with Gasteiger partial charge >= 0.3 is 11.9 Å². The van der Waals surface area contributed by atoms with Gasteiger partial charge in [-0.25, -0.2) is 9.59 Å². The van der Waals surface area contributed by atoms with Crippen LogP contribution in [0.25, 0.3) is 0 Å². The molecule has 1 N–H and O–H groups in total. The minimum Gasteiger partial charge on any atom is -0.419 e. The molecule has 0 unspecified atom stereocenters. The monoisotopic (exact) mass is 304 g/mol. The molecule has 0 radical (unpaired) electrons. The SMILES string of the molecule is Cc1ccc(NC=C2C(=O)OC(C)(C)OC2=O)cc1N(C)C. The van der Waals surface area contributed by atoms with Crippen molar-refractivity contribution in [1.29, 1.82) is 0 Å². The molecule has 1 aromatic carbocycles. The van der Waals surface area contributed by atoms with Gasteiger partial charge in [0.15, 0.2) is 5.57 Å². The third-order valence-corrected chi connectivity index (χ3v) is 3.19. The van der Waals surface area contributed by atoms with Crippen LogP contribution >= 0.6 is 0 Å². The largest absolute Gasteiger partial charge is 0.419 e. The molecule has 0 aliphatic carbocycles. The third kappa shape index (κ3) is 3.39. The van der Waals surface area contributed by atoms with Gasteiger partial charge in [-0.2, -0.15) is 0 Å². The van der Waals surface area contributed by atoms with Crippen LogP contribution in [0.1, 0.15) is 19.4 Å². The maximum atomic E-state index is 11.8. The van der Waals surface area contributed by atoms with Gasteiger partial charge in [0, 0.05) is 45.5 Å².